The smallest absolute Gasteiger partial charge is 0.0401 e. The molecule has 1 saturated heterocycles. The minimum atomic E-state index is 0.250. The summed E-state index contributed by atoms with van der Waals surface area (Å²) in [6.07, 6.45) is 1.25. The molecule has 0 bridgehead atoms. The van der Waals surface area contributed by atoms with E-state index in [1.807, 2.05) is 7.05 Å². The maximum Gasteiger partial charge on any atom is 0.0401 e. The van der Waals surface area contributed by atoms with Crippen molar-refractivity contribution >= 4 is 21.6 Å². The van der Waals surface area contributed by atoms with Crippen LogP contribution in [-0.2, 0) is 0 Å². The summed E-state index contributed by atoms with van der Waals surface area (Å²) >= 11 is 3.54. The Balaban J connectivity index is 2.26. The fraction of sp³-hybridized carbons (Fsp3) is 0.600. The van der Waals surface area contributed by atoms with Crippen molar-refractivity contribution in [3.63, 3.8) is 0 Å². The van der Waals surface area contributed by atoms with Crippen LogP contribution >= 0.6 is 15.9 Å². The highest BCUT2D eigenvalue weighted by molar-refractivity contribution is 9.10. The van der Waals surface area contributed by atoms with Gasteiger partial charge in [0.25, 0.3) is 0 Å². The second kappa shape index (κ2) is 5.22. The molecule has 18 heavy (non-hydrogen) atoms. The molecule has 100 valence electrons. The zero-order chi connectivity index (χ0) is 13.3. The van der Waals surface area contributed by atoms with Crippen LogP contribution < -0.4 is 10.2 Å². The zero-order valence-electron chi connectivity index (χ0n) is 11.8. The summed E-state index contributed by atoms with van der Waals surface area (Å²) in [4.78, 5) is 2.57. The third-order valence-electron chi connectivity index (χ3n) is 3.90. The van der Waals surface area contributed by atoms with Gasteiger partial charge in [-0.15, -0.1) is 0 Å². The first-order valence-electron chi connectivity index (χ1n) is 6.62. The van der Waals surface area contributed by atoms with E-state index in [9.17, 15) is 0 Å². The van der Waals surface area contributed by atoms with Crippen molar-refractivity contribution in [3.05, 3.63) is 28.2 Å². The highest BCUT2D eigenvalue weighted by Gasteiger charge is 2.38. The molecule has 1 aromatic rings. The van der Waals surface area contributed by atoms with Crippen molar-refractivity contribution in [2.75, 3.05) is 25.0 Å². The fourth-order valence-electron chi connectivity index (χ4n) is 3.16. The van der Waals surface area contributed by atoms with Gasteiger partial charge in [-0.2, -0.15) is 0 Å². The standard InChI is InChI=1S/C15H23BrN2/c1-11-7-13(16)5-6-14(11)18-10-12(9-17-4)8-15(18,2)3/h5-7,12,17H,8-10H2,1-4H3. The molecule has 1 aliphatic heterocycles. The number of halogens is 1. The van der Waals surface area contributed by atoms with Crippen molar-refractivity contribution < 1.29 is 0 Å². The maximum atomic E-state index is 3.54. The first-order chi connectivity index (χ1) is 8.44. The monoisotopic (exact) mass is 310 g/mol. The van der Waals surface area contributed by atoms with Gasteiger partial charge in [-0.3, -0.25) is 0 Å². The summed E-state index contributed by atoms with van der Waals surface area (Å²) in [7, 11) is 2.04. The molecule has 0 spiro atoms. The van der Waals surface area contributed by atoms with E-state index in [4.69, 9.17) is 0 Å². The van der Waals surface area contributed by atoms with Crippen LogP contribution in [0.15, 0.2) is 22.7 Å². The Morgan fingerprint density at radius 2 is 2.17 bits per heavy atom. The summed E-state index contributed by atoms with van der Waals surface area (Å²) in [5, 5.41) is 3.31. The number of hydrogen-bond acceptors (Lipinski definition) is 2. The number of anilines is 1. The number of nitrogens with one attached hydrogen (secondary N) is 1. The third kappa shape index (κ3) is 2.72. The van der Waals surface area contributed by atoms with E-state index in [1.165, 1.54) is 17.7 Å². The summed E-state index contributed by atoms with van der Waals surface area (Å²) in [6.45, 7) is 9.15. The van der Waals surface area contributed by atoms with Crippen LogP contribution in [0.4, 0.5) is 5.69 Å². The molecule has 1 N–H and O–H groups in total. The molecule has 0 radical (unpaired) electrons. The van der Waals surface area contributed by atoms with E-state index in [-0.39, 0.29) is 5.54 Å². The summed E-state index contributed by atoms with van der Waals surface area (Å²) in [5.41, 5.74) is 2.98. The van der Waals surface area contributed by atoms with Crippen LogP contribution in [0.5, 0.6) is 0 Å². The lowest BCUT2D eigenvalue weighted by Gasteiger charge is -2.34. The molecule has 1 aliphatic rings. The lowest BCUT2D eigenvalue weighted by atomic mass is 9.96. The summed E-state index contributed by atoms with van der Waals surface area (Å²) in [5.74, 6) is 0.744. The van der Waals surface area contributed by atoms with Gasteiger partial charge in [0.1, 0.15) is 0 Å². The predicted molar refractivity (Wildman–Crippen MR) is 82.3 cm³/mol. The number of benzene rings is 1. The van der Waals surface area contributed by atoms with E-state index in [0.717, 1.165) is 23.5 Å². The number of aryl methyl sites for hydroxylation is 1. The van der Waals surface area contributed by atoms with Crippen LogP contribution in [-0.4, -0.2) is 25.7 Å². The quantitative estimate of drug-likeness (QED) is 0.918. The molecule has 0 aromatic heterocycles. The zero-order valence-corrected chi connectivity index (χ0v) is 13.3. The Labute approximate surface area is 119 Å². The van der Waals surface area contributed by atoms with Crippen molar-refractivity contribution in [1.82, 2.24) is 5.32 Å². The van der Waals surface area contributed by atoms with Gasteiger partial charge in [0.2, 0.25) is 0 Å². The van der Waals surface area contributed by atoms with Gasteiger partial charge < -0.3 is 10.2 Å². The average Bonchev–Trinajstić information content (AvgIpc) is 2.54. The highest BCUT2D eigenvalue weighted by atomic mass is 79.9. The Bertz CT molecular complexity index is 429. The molecule has 0 amide bonds. The minimum Gasteiger partial charge on any atom is -0.366 e. The molecule has 1 fully saturated rings. The van der Waals surface area contributed by atoms with Crippen LogP contribution in [0.2, 0.25) is 0 Å². The number of rotatable bonds is 3. The Morgan fingerprint density at radius 1 is 1.44 bits per heavy atom. The van der Waals surface area contributed by atoms with Crippen molar-refractivity contribution in [3.8, 4) is 0 Å². The average molecular weight is 311 g/mol. The maximum absolute atomic E-state index is 3.54. The second-order valence-corrected chi connectivity index (χ2v) is 6.90. The number of nitrogens with zero attached hydrogens (tertiary/aromatic N) is 1. The Kier molecular flexibility index (Phi) is 4.02. The fourth-order valence-corrected chi connectivity index (χ4v) is 3.63. The first kappa shape index (κ1) is 13.9. The van der Waals surface area contributed by atoms with Crippen molar-refractivity contribution in [1.29, 1.82) is 0 Å². The molecule has 0 saturated carbocycles. The topological polar surface area (TPSA) is 15.3 Å². The van der Waals surface area contributed by atoms with Crippen LogP contribution in [0.25, 0.3) is 0 Å². The Morgan fingerprint density at radius 3 is 2.78 bits per heavy atom. The van der Waals surface area contributed by atoms with Gasteiger partial charge in [0.15, 0.2) is 0 Å². The van der Waals surface area contributed by atoms with Gasteiger partial charge in [-0.25, -0.2) is 0 Å². The van der Waals surface area contributed by atoms with Crippen molar-refractivity contribution in [2.45, 2.75) is 32.7 Å². The van der Waals surface area contributed by atoms with Gasteiger partial charge in [-0.05, 0) is 70.5 Å². The highest BCUT2D eigenvalue weighted by Crippen LogP contribution is 2.38. The lowest BCUT2D eigenvalue weighted by molar-refractivity contribution is 0.461. The molecular weight excluding hydrogens is 288 g/mol. The molecule has 1 aromatic carbocycles. The van der Waals surface area contributed by atoms with E-state index in [1.54, 1.807) is 0 Å². The van der Waals surface area contributed by atoms with Crippen LogP contribution in [0.3, 0.4) is 0 Å². The molecule has 1 atom stereocenters. The van der Waals surface area contributed by atoms with Gasteiger partial charge in [-0.1, -0.05) is 15.9 Å². The van der Waals surface area contributed by atoms with Gasteiger partial charge >= 0.3 is 0 Å². The van der Waals surface area contributed by atoms with Crippen LogP contribution in [0, 0.1) is 12.8 Å². The third-order valence-corrected chi connectivity index (χ3v) is 4.40. The normalized spacial score (nSPS) is 22.5. The molecule has 1 unspecified atom stereocenters. The lowest BCUT2D eigenvalue weighted by Crippen LogP contribution is -2.38. The number of hydrogen-bond donors (Lipinski definition) is 1. The molecular formula is C15H23BrN2. The molecule has 2 nitrogen and oxygen atoms in total. The molecule has 1 heterocycles. The second-order valence-electron chi connectivity index (χ2n) is 5.98. The first-order valence-corrected chi connectivity index (χ1v) is 7.42. The van der Waals surface area contributed by atoms with E-state index in [0.29, 0.717) is 0 Å². The summed E-state index contributed by atoms with van der Waals surface area (Å²) in [6, 6.07) is 6.59. The van der Waals surface area contributed by atoms with Gasteiger partial charge in [0.05, 0.1) is 0 Å². The molecule has 0 aliphatic carbocycles. The van der Waals surface area contributed by atoms with Crippen molar-refractivity contribution in [2.24, 2.45) is 5.92 Å². The largest absolute Gasteiger partial charge is 0.366 e. The minimum absolute atomic E-state index is 0.250. The summed E-state index contributed by atoms with van der Waals surface area (Å²) < 4.78 is 1.16. The molecule has 2 rings (SSSR count). The Hall–Kier alpha value is -0.540. The SMILES string of the molecule is CNCC1CN(c2ccc(Br)cc2C)C(C)(C)C1. The van der Waals surface area contributed by atoms with Gasteiger partial charge in [0, 0.05) is 22.2 Å². The molecule has 3 heteroatoms. The predicted octanol–water partition coefficient (Wildman–Crippen LogP) is 3.58. The van der Waals surface area contributed by atoms with E-state index >= 15 is 0 Å². The van der Waals surface area contributed by atoms with E-state index in [2.05, 4.69) is 65.1 Å². The van der Waals surface area contributed by atoms with E-state index < -0.39 is 0 Å². The van der Waals surface area contributed by atoms with Crippen LogP contribution in [0.1, 0.15) is 25.8 Å².